The van der Waals surface area contributed by atoms with Gasteiger partial charge >= 0.3 is 0 Å². The number of thioether (sulfide) groups is 1. The average Bonchev–Trinajstić information content (AvgIpc) is 2.87. The summed E-state index contributed by atoms with van der Waals surface area (Å²) in [5, 5.41) is 0.555. The molecule has 0 spiro atoms. The smallest absolute Gasteiger partial charge is 0.155 e. The summed E-state index contributed by atoms with van der Waals surface area (Å²) in [4.78, 5) is 4.47. The number of nitrogen functional groups attached to an aromatic ring is 1. The maximum atomic E-state index is 6.13. The van der Waals surface area contributed by atoms with E-state index in [1.807, 2.05) is 30.1 Å². The molecule has 5 heteroatoms. The minimum Gasteiger partial charge on any atom is -0.399 e. The van der Waals surface area contributed by atoms with Gasteiger partial charge in [0.25, 0.3) is 0 Å². The molecule has 1 unspecified atom stereocenters. The molecule has 2 aromatic heterocycles. The van der Waals surface area contributed by atoms with Crippen molar-refractivity contribution in [3.05, 3.63) is 29.3 Å². The SMILES string of the molecule is Nc1ccn2c(C3CCSC3)nc(Cl)c2c1. The monoisotopic (exact) mass is 253 g/mol. The van der Waals surface area contributed by atoms with Gasteiger partial charge in [-0.1, -0.05) is 11.6 Å². The van der Waals surface area contributed by atoms with Crippen LogP contribution in [0.1, 0.15) is 18.2 Å². The molecule has 16 heavy (non-hydrogen) atoms. The van der Waals surface area contributed by atoms with E-state index < -0.39 is 0 Å². The van der Waals surface area contributed by atoms with Crippen molar-refractivity contribution in [2.45, 2.75) is 12.3 Å². The average molecular weight is 254 g/mol. The molecule has 3 rings (SSSR count). The van der Waals surface area contributed by atoms with Crippen LogP contribution in [0, 0.1) is 0 Å². The third kappa shape index (κ3) is 1.57. The Bertz CT molecular complexity index is 531. The number of nitrogens with zero attached hydrogens (tertiary/aromatic N) is 2. The lowest BCUT2D eigenvalue weighted by molar-refractivity contribution is 0.713. The Morgan fingerprint density at radius 2 is 2.44 bits per heavy atom. The first-order chi connectivity index (χ1) is 7.75. The highest BCUT2D eigenvalue weighted by molar-refractivity contribution is 7.99. The number of aromatic nitrogens is 2. The van der Waals surface area contributed by atoms with Gasteiger partial charge in [0, 0.05) is 23.6 Å². The molecule has 0 aromatic carbocycles. The highest BCUT2D eigenvalue weighted by Gasteiger charge is 2.23. The van der Waals surface area contributed by atoms with Gasteiger partial charge in [-0.25, -0.2) is 4.98 Å². The lowest BCUT2D eigenvalue weighted by atomic mass is 10.1. The highest BCUT2D eigenvalue weighted by atomic mass is 35.5. The van der Waals surface area contributed by atoms with Crippen molar-refractivity contribution in [3.8, 4) is 0 Å². The molecular weight excluding hydrogens is 242 g/mol. The summed E-state index contributed by atoms with van der Waals surface area (Å²) >= 11 is 8.11. The maximum absolute atomic E-state index is 6.13. The Hall–Kier alpha value is -0.870. The Labute approximate surface area is 103 Å². The zero-order chi connectivity index (χ0) is 11.1. The molecular formula is C11H12ClN3S. The summed E-state index contributed by atoms with van der Waals surface area (Å²) in [7, 11) is 0. The second-order valence-corrected chi connectivity index (χ2v) is 5.54. The number of hydrogen-bond acceptors (Lipinski definition) is 3. The fraction of sp³-hybridized carbons (Fsp3) is 0.364. The second-order valence-electron chi connectivity index (χ2n) is 4.04. The van der Waals surface area contributed by atoms with Crippen LogP contribution in [0.5, 0.6) is 0 Å². The third-order valence-corrected chi connectivity index (χ3v) is 4.39. The third-order valence-electron chi connectivity index (χ3n) is 2.94. The van der Waals surface area contributed by atoms with E-state index >= 15 is 0 Å². The molecule has 3 heterocycles. The van der Waals surface area contributed by atoms with Crippen LogP contribution in [-0.2, 0) is 0 Å². The fourth-order valence-electron chi connectivity index (χ4n) is 2.11. The van der Waals surface area contributed by atoms with Crippen molar-refractivity contribution in [1.82, 2.24) is 9.38 Å². The van der Waals surface area contributed by atoms with Gasteiger partial charge in [0.05, 0.1) is 5.52 Å². The molecule has 2 aromatic rings. The predicted molar refractivity (Wildman–Crippen MR) is 69.3 cm³/mol. The molecule has 1 atom stereocenters. The molecule has 2 N–H and O–H groups in total. The first-order valence-corrected chi connectivity index (χ1v) is 6.79. The molecule has 1 fully saturated rings. The van der Waals surface area contributed by atoms with E-state index in [1.54, 1.807) is 0 Å². The van der Waals surface area contributed by atoms with E-state index in [2.05, 4.69) is 9.38 Å². The maximum Gasteiger partial charge on any atom is 0.155 e. The molecule has 1 saturated heterocycles. The minimum atomic E-state index is 0.522. The fourth-order valence-corrected chi connectivity index (χ4v) is 3.56. The Morgan fingerprint density at radius 1 is 1.56 bits per heavy atom. The summed E-state index contributed by atoms with van der Waals surface area (Å²) in [6.07, 6.45) is 3.15. The van der Waals surface area contributed by atoms with Gasteiger partial charge in [-0.2, -0.15) is 11.8 Å². The molecule has 3 nitrogen and oxygen atoms in total. The molecule has 1 aliphatic heterocycles. The summed E-state index contributed by atoms with van der Waals surface area (Å²) in [5.41, 5.74) is 7.39. The number of hydrogen-bond donors (Lipinski definition) is 1. The molecule has 0 amide bonds. The summed E-state index contributed by atoms with van der Waals surface area (Å²) in [6, 6.07) is 3.76. The van der Waals surface area contributed by atoms with Crippen molar-refractivity contribution in [3.63, 3.8) is 0 Å². The van der Waals surface area contributed by atoms with Crippen molar-refractivity contribution in [2.24, 2.45) is 0 Å². The van der Waals surface area contributed by atoms with Gasteiger partial charge in [-0.15, -0.1) is 0 Å². The Balaban J connectivity index is 2.18. The van der Waals surface area contributed by atoms with Gasteiger partial charge in [0.15, 0.2) is 5.15 Å². The van der Waals surface area contributed by atoms with Crippen LogP contribution in [0.3, 0.4) is 0 Å². The van der Waals surface area contributed by atoms with Crippen LogP contribution < -0.4 is 5.73 Å². The van der Waals surface area contributed by atoms with Gasteiger partial charge < -0.3 is 10.1 Å². The van der Waals surface area contributed by atoms with E-state index in [0.717, 1.165) is 22.8 Å². The van der Waals surface area contributed by atoms with E-state index in [9.17, 15) is 0 Å². The number of halogens is 1. The summed E-state index contributed by atoms with van der Waals surface area (Å²) in [5.74, 6) is 3.95. The minimum absolute atomic E-state index is 0.522. The molecule has 84 valence electrons. The lowest BCUT2D eigenvalue weighted by Gasteiger charge is -2.06. The number of fused-ring (bicyclic) bond motifs is 1. The van der Waals surface area contributed by atoms with Gasteiger partial charge in [0.1, 0.15) is 5.82 Å². The number of anilines is 1. The number of nitrogens with two attached hydrogens (primary N) is 1. The zero-order valence-corrected chi connectivity index (χ0v) is 10.3. The lowest BCUT2D eigenvalue weighted by Crippen LogP contribution is -2.03. The van der Waals surface area contributed by atoms with Crippen molar-refractivity contribution in [2.75, 3.05) is 17.2 Å². The van der Waals surface area contributed by atoms with Gasteiger partial charge in [-0.05, 0) is 24.3 Å². The van der Waals surface area contributed by atoms with E-state index in [1.165, 1.54) is 12.2 Å². The zero-order valence-electron chi connectivity index (χ0n) is 8.69. The van der Waals surface area contributed by atoms with E-state index in [-0.39, 0.29) is 0 Å². The standard InChI is InChI=1S/C11H12ClN3S/c12-10-9-5-8(13)1-3-15(9)11(14-10)7-2-4-16-6-7/h1,3,5,7H,2,4,6,13H2. The first kappa shape index (κ1) is 10.3. The second kappa shape index (κ2) is 3.86. The summed E-state index contributed by atoms with van der Waals surface area (Å²) in [6.45, 7) is 0. The molecule has 0 saturated carbocycles. The van der Waals surface area contributed by atoms with Crippen molar-refractivity contribution in [1.29, 1.82) is 0 Å². The number of pyridine rings is 1. The first-order valence-electron chi connectivity index (χ1n) is 5.26. The van der Waals surface area contributed by atoms with Crippen LogP contribution in [-0.4, -0.2) is 20.9 Å². The summed E-state index contributed by atoms with van der Waals surface area (Å²) < 4.78 is 2.06. The van der Waals surface area contributed by atoms with Crippen molar-refractivity contribution >= 4 is 34.6 Å². The number of imidazole rings is 1. The van der Waals surface area contributed by atoms with Gasteiger partial charge in [-0.3, -0.25) is 0 Å². The van der Waals surface area contributed by atoms with Crippen LogP contribution in [0.4, 0.5) is 5.69 Å². The van der Waals surface area contributed by atoms with Crippen LogP contribution in [0.15, 0.2) is 18.3 Å². The molecule has 1 aliphatic rings. The quantitative estimate of drug-likeness (QED) is 0.850. The van der Waals surface area contributed by atoms with Crippen molar-refractivity contribution < 1.29 is 0 Å². The molecule has 0 aliphatic carbocycles. The highest BCUT2D eigenvalue weighted by Crippen LogP contribution is 2.34. The van der Waals surface area contributed by atoms with Crippen LogP contribution >= 0.6 is 23.4 Å². The molecule has 0 bridgehead atoms. The van der Waals surface area contributed by atoms with E-state index in [0.29, 0.717) is 11.1 Å². The Kier molecular flexibility index (Phi) is 2.48. The normalized spacial score (nSPS) is 20.7. The predicted octanol–water partition coefficient (Wildman–Crippen LogP) is 2.79. The topological polar surface area (TPSA) is 43.3 Å². The van der Waals surface area contributed by atoms with E-state index in [4.69, 9.17) is 17.3 Å². The van der Waals surface area contributed by atoms with Crippen LogP contribution in [0.25, 0.3) is 5.52 Å². The largest absolute Gasteiger partial charge is 0.399 e. The number of rotatable bonds is 1. The van der Waals surface area contributed by atoms with Crippen LogP contribution in [0.2, 0.25) is 5.15 Å². The Morgan fingerprint density at radius 3 is 3.19 bits per heavy atom. The van der Waals surface area contributed by atoms with Gasteiger partial charge in [0.2, 0.25) is 0 Å². The molecule has 0 radical (unpaired) electrons.